The number of carbonyl (C=O) groups is 1. The van der Waals surface area contributed by atoms with Crippen molar-refractivity contribution >= 4 is 6.29 Å². The first-order valence-electron chi connectivity index (χ1n) is 6.89. The van der Waals surface area contributed by atoms with Gasteiger partial charge in [-0.1, -0.05) is 26.2 Å². The van der Waals surface area contributed by atoms with E-state index in [1.54, 1.807) is 6.07 Å². The molecule has 0 saturated heterocycles. The van der Waals surface area contributed by atoms with Crippen LogP contribution in [0.3, 0.4) is 0 Å². The zero-order valence-electron chi connectivity index (χ0n) is 11.7. The van der Waals surface area contributed by atoms with Crippen LogP contribution in [0, 0.1) is 6.92 Å². The molecule has 1 aromatic rings. The van der Waals surface area contributed by atoms with Gasteiger partial charge in [0.05, 0.1) is 6.10 Å². The van der Waals surface area contributed by atoms with E-state index in [1.165, 1.54) is 25.7 Å². The fourth-order valence-corrected chi connectivity index (χ4v) is 2.01. The molecule has 0 radical (unpaired) electrons. The number of hydrogen-bond donors (Lipinski definition) is 0. The number of aryl methyl sites for hydroxylation is 1. The average molecular weight is 248 g/mol. The second-order valence-electron chi connectivity index (χ2n) is 4.92. The van der Waals surface area contributed by atoms with Crippen LogP contribution >= 0.6 is 0 Å². The van der Waals surface area contributed by atoms with E-state index in [2.05, 4.69) is 13.8 Å². The molecule has 0 fully saturated rings. The number of hydrogen-bond acceptors (Lipinski definition) is 2. The molecule has 2 heteroatoms. The zero-order valence-corrected chi connectivity index (χ0v) is 11.7. The summed E-state index contributed by atoms with van der Waals surface area (Å²) >= 11 is 0. The van der Waals surface area contributed by atoms with Crippen LogP contribution in [-0.2, 0) is 0 Å². The van der Waals surface area contributed by atoms with Crippen LogP contribution in [0.2, 0.25) is 0 Å². The van der Waals surface area contributed by atoms with Crippen LogP contribution in [0.5, 0.6) is 5.75 Å². The van der Waals surface area contributed by atoms with Gasteiger partial charge in [0.15, 0.2) is 0 Å². The van der Waals surface area contributed by atoms with Gasteiger partial charge in [0.1, 0.15) is 12.0 Å². The molecule has 0 aromatic heterocycles. The second kappa shape index (κ2) is 7.91. The van der Waals surface area contributed by atoms with E-state index in [0.29, 0.717) is 5.56 Å². The van der Waals surface area contributed by atoms with Gasteiger partial charge in [-0.3, -0.25) is 4.79 Å². The van der Waals surface area contributed by atoms with Crippen molar-refractivity contribution in [2.24, 2.45) is 0 Å². The lowest BCUT2D eigenvalue weighted by atomic mass is 10.1. The van der Waals surface area contributed by atoms with Gasteiger partial charge in [0.25, 0.3) is 0 Å². The van der Waals surface area contributed by atoms with Gasteiger partial charge in [0, 0.05) is 5.56 Å². The van der Waals surface area contributed by atoms with Gasteiger partial charge in [-0.25, -0.2) is 0 Å². The first-order chi connectivity index (χ1) is 8.67. The van der Waals surface area contributed by atoms with E-state index in [-0.39, 0.29) is 6.10 Å². The van der Waals surface area contributed by atoms with Crippen molar-refractivity contribution in [3.8, 4) is 5.75 Å². The van der Waals surface area contributed by atoms with Gasteiger partial charge in [-0.05, 0) is 50.5 Å². The van der Waals surface area contributed by atoms with Gasteiger partial charge in [-0.2, -0.15) is 0 Å². The summed E-state index contributed by atoms with van der Waals surface area (Å²) in [5.41, 5.74) is 1.73. The summed E-state index contributed by atoms with van der Waals surface area (Å²) in [5, 5.41) is 0. The Morgan fingerprint density at radius 3 is 2.67 bits per heavy atom. The van der Waals surface area contributed by atoms with E-state index >= 15 is 0 Å². The fourth-order valence-electron chi connectivity index (χ4n) is 2.01. The number of carbonyl (C=O) groups excluding carboxylic acids is 1. The Labute approximate surface area is 110 Å². The highest BCUT2D eigenvalue weighted by atomic mass is 16.5. The Morgan fingerprint density at radius 1 is 1.28 bits per heavy atom. The van der Waals surface area contributed by atoms with Crippen LogP contribution < -0.4 is 4.74 Å². The number of rotatable bonds is 8. The molecule has 18 heavy (non-hydrogen) atoms. The van der Waals surface area contributed by atoms with E-state index in [4.69, 9.17) is 4.74 Å². The van der Waals surface area contributed by atoms with Crippen LogP contribution in [0.1, 0.15) is 61.9 Å². The van der Waals surface area contributed by atoms with Crippen molar-refractivity contribution in [3.63, 3.8) is 0 Å². The molecular weight excluding hydrogens is 224 g/mol. The summed E-state index contributed by atoms with van der Waals surface area (Å²) in [4.78, 5) is 10.7. The highest BCUT2D eigenvalue weighted by Gasteiger charge is 2.06. The summed E-state index contributed by atoms with van der Waals surface area (Å²) in [6.45, 7) is 6.31. The van der Waals surface area contributed by atoms with Gasteiger partial charge in [0.2, 0.25) is 0 Å². The summed E-state index contributed by atoms with van der Waals surface area (Å²) in [6, 6.07) is 5.56. The molecule has 1 unspecified atom stereocenters. The number of unbranched alkanes of at least 4 members (excludes halogenated alkanes) is 3. The van der Waals surface area contributed by atoms with Gasteiger partial charge >= 0.3 is 0 Å². The lowest BCUT2D eigenvalue weighted by Crippen LogP contribution is -2.12. The molecule has 0 aliphatic rings. The van der Waals surface area contributed by atoms with Crippen LogP contribution in [0.25, 0.3) is 0 Å². The number of ether oxygens (including phenoxy) is 1. The highest BCUT2D eigenvalue weighted by molar-refractivity contribution is 5.75. The van der Waals surface area contributed by atoms with Gasteiger partial charge < -0.3 is 4.74 Å². The van der Waals surface area contributed by atoms with E-state index in [1.807, 2.05) is 19.1 Å². The summed E-state index contributed by atoms with van der Waals surface area (Å²) in [6.07, 6.45) is 7.28. The van der Waals surface area contributed by atoms with Crippen molar-refractivity contribution in [3.05, 3.63) is 29.3 Å². The smallest absolute Gasteiger partial charge is 0.150 e. The third kappa shape index (κ3) is 4.91. The van der Waals surface area contributed by atoms with E-state index in [9.17, 15) is 4.79 Å². The molecule has 0 spiro atoms. The molecule has 0 saturated carbocycles. The molecule has 0 heterocycles. The maximum atomic E-state index is 10.7. The Kier molecular flexibility index (Phi) is 6.48. The molecule has 0 aliphatic carbocycles. The quantitative estimate of drug-likeness (QED) is 0.498. The Morgan fingerprint density at radius 2 is 2.06 bits per heavy atom. The number of benzene rings is 1. The molecule has 1 rings (SSSR count). The Bertz CT molecular complexity index is 371. The van der Waals surface area contributed by atoms with Crippen molar-refractivity contribution in [1.29, 1.82) is 0 Å². The minimum absolute atomic E-state index is 0.239. The molecular formula is C16H24O2. The lowest BCUT2D eigenvalue weighted by molar-refractivity contribution is 0.112. The maximum absolute atomic E-state index is 10.7. The first-order valence-corrected chi connectivity index (χ1v) is 6.89. The monoisotopic (exact) mass is 248 g/mol. The van der Waals surface area contributed by atoms with Crippen molar-refractivity contribution in [2.75, 3.05) is 0 Å². The SMILES string of the molecule is CCCCCCC(C)Oc1ccc(C=O)cc1C. The molecule has 0 aliphatic heterocycles. The first kappa shape index (κ1) is 14.7. The molecule has 1 atom stereocenters. The normalized spacial score (nSPS) is 12.2. The summed E-state index contributed by atoms with van der Waals surface area (Å²) < 4.78 is 5.91. The van der Waals surface area contributed by atoms with E-state index in [0.717, 1.165) is 24.0 Å². The summed E-state index contributed by atoms with van der Waals surface area (Å²) in [5.74, 6) is 0.892. The number of aldehydes is 1. The lowest BCUT2D eigenvalue weighted by Gasteiger charge is -2.16. The van der Waals surface area contributed by atoms with Crippen LogP contribution in [0.4, 0.5) is 0 Å². The molecule has 0 N–H and O–H groups in total. The van der Waals surface area contributed by atoms with E-state index < -0.39 is 0 Å². The molecule has 0 bridgehead atoms. The zero-order chi connectivity index (χ0) is 13.4. The molecule has 1 aromatic carbocycles. The predicted octanol–water partition coefficient (Wildman–Crippen LogP) is 4.55. The topological polar surface area (TPSA) is 26.3 Å². The molecule has 2 nitrogen and oxygen atoms in total. The third-order valence-corrected chi connectivity index (χ3v) is 3.13. The largest absolute Gasteiger partial charge is 0.490 e. The average Bonchev–Trinajstić information content (AvgIpc) is 2.37. The highest BCUT2D eigenvalue weighted by Crippen LogP contribution is 2.21. The summed E-state index contributed by atoms with van der Waals surface area (Å²) in [7, 11) is 0. The Hall–Kier alpha value is -1.31. The van der Waals surface area contributed by atoms with Crippen molar-refractivity contribution < 1.29 is 9.53 Å². The molecule has 100 valence electrons. The molecule has 0 amide bonds. The maximum Gasteiger partial charge on any atom is 0.150 e. The van der Waals surface area contributed by atoms with Crippen molar-refractivity contribution in [1.82, 2.24) is 0 Å². The Balaban J connectivity index is 2.43. The minimum atomic E-state index is 0.239. The van der Waals surface area contributed by atoms with Gasteiger partial charge in [-0.15, -0.1) is 0 Å². The fraction of sp³-hybridized carbons (Fsp3) is 0.562. The second-order valence-corrected chi connectivity index (χ2v) is 4.92. The van der Waals surface area contributed by atoms with Crippen LogP contribution in [0.15, 0.2) is 18.2 Å². The third-order valence-electron chi connectivity index (χ3n) is 3.13. The standard InChI is InChI=1S/C16H24O2/c1-4-5-6-7-8-14(3)18-16-10-9-15(12-17)11-13(16)2/h9-12,14H,4-8H2,1-3H3. The van der Waals surface area contributed by atoms with Crippen LogP contribution in [-0.4, -0.2) is 12.4 Å². The minimum Gasteiger partial charge on any atom is -0.490 e. The van der Waals surface area contributed by atoms with Crippen molar-refractivity contribution in [2.45, 2.75) is 59.0 Å². The predicted molar refractivity (Wildman–Crippen MR) is 75.4 cm³/mol.